The molecule has 0 aliphatic heterocycles. The van der Waals surface area contributed by atoms with Gasteiger partial charge in [0, 0.05) is 19.4 Å². The molecule has 0 aliphatic carbocycles. The van der Waals surface area contributed by atoms with Crippen molar-refractivity contribution in [2.45, 2.75) is 51.5 Å². The van der Waals surface area contributed by atoms with Crippen LogP contribution in [0.5, 0.6) is 5.75 Å². The van der Waals surface area contributed by atoms with E-state index >= 15 is 0 Å². The van der Waals surface area contributed by atoms with Gasteiger partial charge in [-0.1, -0.05) is 13.8 Å². The lowest BCUT2D eigenvalue weighted by Gasteiger charge is -2.22. The SMILES string of the molecule is COC(C)(C)CCOc1cnc(C(C)C)nc1CCl. The van der Waals surface area contributed by atoms with E-state index in [1.807, 2.05) is 13.8 Å². The fourth-order valence-electron chi connectivity index (χ4n) is 1.42. The van der Waals surface area contributed by atoms with Gasteiger partial charge >= 0.3 is 0 Å². The summed E-state index contributed by atoms with van der Waals surface area (Å²) in [6.07, 6.45) is 2.50. The van der Waals surface area contributed by atoms with E-state index in [1.165, 1.54) is 0 Å². The summed E-state index contributed by atoms with van der Waals surface area (Å²) in [5.41, 5.74) is 0.551. The molecule has 1 aromatic heterocycles. The summed E-state index contributed by atoms with van der Waals surface area (Å²) in [6.45, 7) is 8.70. The number of alkyl halides is 1. The molecular formula is C14H23ClN2O2. The molecule has 0 amide bonds. The van der Waals surface area contributed by atoms with Crippen molar-refractivity contribution in [1.82, 2.24) is 9.97 Å². The summed E-state index contributed by atoms with van der Waals surface area (Å²) in [6, 6.07) is 0. The molecule has 1 aromatic rings. The first-order valence-electron chi connectivity index (χ1n) is 6.49. The van der Waals surface area contributed by atoms with Crippen molar-refractivity contribution >= 4 is 11.6 Å². The minimum absolute atomic E-state index is 0.195. The molecular weight excluding hydrogens is 264 g/mol. The van der Waals surface area contributed by atoms with Crippen molar-refractivity contribution in [3.63, 3.8) is 0 Å². The van der Waals surface area contributed by atoms with Crippen molar-refractivity contribution in [3.8, 4) is 5.75 Å². The van der Waals surface area contributed by atoms with Crippen LogP contribution >= 0.6 is 11.6 Å². The largest absolute Gasteiger partial charge is 0.490 e. The Hall–Kier alpha value is -0.870. The molecule has 0 spiro atoms. The van der Waals surface area contributed by atoms with Crippen molar-refractivity contribution in [3.05, 3.63) is 17.7 Å². The van der Waals surface area contributed by atoms with E-state index in [2.05, 4.69) is 23.8 Å². The van der Waals surface area contributed by atoms with Crippen LogP contribution in [0, 0.1) is 0 Å². The van der Waals surface area contributed by atoms with Crippen molar-refractivity contribution in [2.24, 2.45) is 0 Å². The van der Waals surface area contributed by atoms with E-state index in [4.69, 9.17) is 21.1 Å². The van der Waals surface area contributed by atoms with E-state index < -0.39 is 0 Å². The van der Waals surface area contributed by atoms with Crippen molar-refractivity contribution in [2.75, 3.05) is 13.7 Å². The van der Waals surface area contributed by atoms with Gasteiger partial charge in [-0.15, -0.1) is 11.6 Å². The van der Waals surface area contributed by atoms with Crippen LogP contribution in [0.3, 0.4) is 0 Å². The maximum Gasteiger partial charge on any atom is 0.160 e. The van der Waals surface area contributed by atoms with E-state index in [0.717, 1.165) is 17.9 Å². The van der Waals surface area contributed by atoms with Crippen LogP contribution in [0.2, 0.25) is 0 Å². The van der Waals surface area contributed by atoms with Gasteiger partial charge in [0.05, 0.1) is 24.3 Å². The summed E-state index contributed by atoms with van der Waals surface area (Å²) in [5.74, 6) is 2.06. The number of aromatic nitrogens is 2. The highest BCUT2D eigenvalue weighted by atomic mass is 35.5. The average Bonchev–Trinajstić information content (AvgIpc) is 2.38. The normalized spacial score (nSPS) is 11.9. The Labute approximate surface area is 120 Å². The van der Waals surface area contributed by atoms with E-state index in [-0.39, 0.29) is 11.5 Å². The lowest BCUT2D eigenvalue weighted by Crippen LogP contribution is -2.25. The highest BCUT2D eigenvalue weighted by Gasteiger charge is 2.17. The van der Waals surface area contributed by atoms with Crippen molar-refractivity contribution in [1.29, 1.82) is 0 Å². The number of ether oxygens (including phenoxy) is 2. The standard InChI is InChI=1S/C14H23ClN2O2/c1-10(2)13-16-9-12(11(8-15)17-13)19-7-6-14(3,4)18-5/h9-10H,6-8H2,1-5H3. The molecule has 0 radical (unpaired) electrons. The van der Waals surface area contributed by atoms with Gasteiger partial charge in [0.1, 0.15) is 11.5 Å². The van der Waals surface area contributed by atoms with Gasteiger partial charge in [-0.2, -0.15) is 0 Å². The monoisotopic (exact) mass is 286 g/mol. The fraction of sp³-hybridized carbons (Fsp3) is 0.714. The quantitative estimate of drug-likeness (QED) is 0.719. The van der Waals surface area contributed by atoms with E-state index in [0.29, 0.717) is 18.2 Å². The third kappa shape index (κ3) is 4.96. The third-order valence-corrected chi connectivity index (χ3v) is 3.26. The zero-order valence-corrected chi connectivity index (χ0v) is 13.1. The fourth-order valence-corrected chi connectivity index (χ4v) is 1.62. The van der Waals surface area contributed by atoms with E-state index in [9.17, 15) is 0 Å². The molecule has 1 heterocycles. The minimum Gasteiger partial charge on any atom is -0.490 e. The van der Waals surface area contributed by atoms with Gasteiger partial charge in [0.15, 0.2) is 5.75 Å². The van der Waals surface area contributed by atoms with Gasteiger partial charge in [0.25, 0.3) is 0 Å². The summed E-state index contributed by atoms with van der Waals surface area (Å²) in [4.78, 5) is 8.72. The molecule has 0 N–H and O–H groups in total. The minimum atomic E-state index is -0.195. The molecule has 0 saturated heterocycles. The molecule has 1 rings (SSSR count). The maximum atomic E-state index is 5.91. The molecule has 0 unspecified atom stereocenters. The Kier molecular flexibility index (Phi) is 6.01. The first kappa shape index (κ1) is 16.2. The Morgan fingerprint density at radius 3 is 2.58 bits per heavy atom. The molecule has 0 fully saturated rings. The third-order valence-electron chi connectivity index (χ3n) is 3.01. The molecule has 0 atom stereocenters. The van der Waals surface area contributed by atoms with Gasteiger partial charge in [0.2, 0.25) is 0 Å². The van der Waals surface area contributed by atoms with Crippen molar-refractivity contribution < 1.29 is 9.47 Å². The Morgan fingerprint density at radius 2 is 2.05 bits per heavy atom. The molecule has 5 heteroatoms. The lowest BCUT2D eigenvalue weighted by molar-refractivity contribution is 0.00531. The molecule has 108 valence electrons. The summed E-state index contributed by atoms with van der Waals surface area (Å²) in [5, 5.41) is 0. The first-order chi connectivity index (χ1) is 8.89. The molecule has 19 heavy (non-hydrogen) atoms. The lowest BCUT2D eigenvalue weighted by atomic mass is 10.1. The molecule has 0 bridgehead atoms. The Bertz CT molecular complexity index is 408. The zero-order chi connectivity index (χ0) is 14.5. The maximum absolute atomic E-state index is 5.91. The van der Waals surface area contributed by atoms with Crippen LogP contribution in [0.15, 0.2) is 6.20 Å². The Balaban J connectivity index is 2.68. The predicted molar refractivity (Wildman–Crippen MR) is 76.9 cm³/mol. The van der Waals surface area contributed by atoms with Gasteiger partial charge < -0.3 is 9.47 Å². The topological polar surface area (TPSA) is 44.2 Å². The van der Waals surface area contributed by atoms with Gasteiger partial charge in [-0.3, -0.25) is 0 Å². The van der Waals surface area contributed by atoms with Crippen LogP contribution in [-0.4, -0.2) is 29.3 Å². The zero-order valence-electron chi connectivity index (χ0n) is 12.4. The van der Waals surface area contributed by atoms with Gasteiger partial charge in [-0.05, 0) is 13.8 Å². The predicted octanol–water partition coefficient (Wildman–Crippen LogP) is 3.53. The second-order valence-corrected chi connectivity index (χ2v) is 5.66. The van der Waals surface area contributed by atoms with E-state index in [1.54, 1.807) is 13.3 Å². The summed E-state index contributed by atoms with van der Waals surface area (Å²) in [7, 11) is 1.70. The molecule has 0 aromatic carbocycles. The second kappa shape index (κ2) is 7.06. The van der Waals surface area contributed by atoms with Crippen LogP contribution in [0.25, 0.3) is 0 Å². The number of hydrogen-bond donors (Lipinski definition) is 0. The van der Waals surface area contributed by atoms with Crippen LogP contribution in [0.4, 0.5) is 0 Å². The molecule has 4 nitrogen and oxygen atoms in total. The average molecular weight is 287 g/mol. The van der Waals surface area contributed by atoms with Crippen LogP contribution < -0.4 is 4.74 Å². The number of halogens is 1. The second-order valence-electron chi connectivity index (χ2n) is 5.39. The molecule has 0 aliphatic rings. The van der Waals surface area contributed by atoms with Gasteiger partial charge in [-0.25, -0.2) is 9.97 Å². The van der Waals surface area contributed by atoms with Crippen LogP contribution in [0.1, 0.15) is 51.6 Å². The molecule has 0 saturated carbocycles. The number of nitrogens with zero attached hydrogens (tertiary/aromatic N) is 2. The first-order valence-corrected chi connectivity index (χ1v) is 7.03. The summed E-state index contributed by atoms with van der Waals surface area (Å²) >= 11 is 5.91. The number of rotatable bonds is 7. The Morgan fingerprint density at radius 1 is 1.37 bits per heavy atom. The number of hydrogen-bond acceptors (Lipinski definition) is 4. The van der Waals surface area contributed by atoms with Crippen LogP contribution in [-0.2, 0) is 10.6 Å². The smallest absolute Gasteiger partial charge is 0.160 e. The number of methoxy groups -OCH3 is 1. The highest BCUT2D eigenvalue weighted by Crippen LogP contribution is 2.21. The summed E-state index contributed by atoms with van der Waals surface area (Å²) < 4.78 is 11.1. The highest BCUT2D eigenvalue weighted by molar-refractivity contribution is 6.17.